The Labute approximate surface area is 231 Å². The summed E-state index contributed by atoms with van der Waals surface area (Å²) in [6, 6.07) is 9.80. The number of hydrogen-bond acceptors (Lipinski definition) is 5. The van der Waals surface area contributed by atoms with Gasteiger partial charge in [-0.3, -0.25) is 9.59 Å². The van der Waals surface area contributed by atoms with Crippen LogP contribution in [-0.2, 0) is 0 Å². The number of ketones is 1. The van der Waals surface area contributed by atoms with Crippen molar-refractivity contribution < 1.29 is 27.3 Å². The number of fused-ring (bicyclic) bond motifs is 1. The second-order valence-corrected chi connectivity index (χ2v) is 9.83. The maximum absolute atomic E-state index is 13.1. The van der Waals surface area contributed by atoms with Gasteiger partial charge in [-0.2, -0.15) is 0 Å². The van der Waals surface area contributed by atoms with Gasteiger partial charge in [-0.1, -0.05) is 29.3 Å². The molecular weight excluding hydrogens is 499 g/mol. The van der Waals surface area contributed by atoms with Gasteiger partial charge in [0.05, 0.1) is 16.7 Å². The molecule has 2 aliphatic heterocycles. The zero-order valence-electron chi connectivity index (χ0n) is 25.9. The minimum absolute atomic E-state index is 0.0246. The molecule has 0 bridgehead atoms. The molecule has 0 aliphatic carbocycles. The van der Waals surface area contributed by atoms with Crippen LogP contribution in [0.5, 0.6) is 11.5 Å². The third-order valence-electron chi connectivity index (χ3n) is 6.55. The summed E-state index contributed by atoms with van der Waals surface area (Å²) in [7, 11) is 0. The van der Waals surface area contributed by atoms with Gasteiger partial charge in [-0.05, 0) is 82.2 Å². The first-order chi connectivity index (χ1) is 19.7. The molecular formula is C28H32Cl2N2O4. The number of amides is 1. The van der Waals surface area contributed by atoms with Gasteiger partial charge in [0.1, 0.15) is 17.1 Å². The lowest BCUT2D eigenvalue weighted by Gasteiger charge is -2.36. The molecule has 2 aromatic rings. The van der Waals surface area contributed by atoms with Gasteiger partial charge in [-0.25, -0.2) is 0 Å². The highest BCUT2D eigenvalue weighted by Crippen LogP contribution is 2.38. The van der Waals surface area contributed by atoms with Crippen LogP contribution >= 0.6 is 23.2 Å². The van der Waals surface area contributed by atoms with E-state index in [1.54, 1.807) is 30.3 Å². The average molecular weight is 538 g/mol. The van der Waals surface area contributed by atoms with Crippen molar-refractivity contribution >= 4 is 34.9 Å². The Bertz CT molecular complexity index is 1360. The third kappa shape index (κ3) is 6.05. The van der Waals surface area contributed by atoms with E-state index in [4.69, 9.17) is 40.9 Å². The molecule has 6 nitrogen and oxygen atoms in total. The molecule has 2 heterocycles. The van der Waals surface area contributed by atoms with Gasteiger partial charge in [0.2, 0.25) is 5.78 Å². The summed E-state index contributed by atoms with van der Waals surface area (Å²) in [6.45, 7) is -1.96. The Morgan fingerprint density at radius 1 is 1.22 bits per heavy atom. The van der Waals surface area contributed by atoms with Crippen LogP contribution in [0.25, 0.3) is 0 Å². The second kappa shape index (κ2) is 11.7. The van der Waals surface area contributed by atoms with Crippen molar-refractivity contribution in [1.29, 1.82) is 0 Å². The van der Waals surface area contributed by atoms with Crippen molar-refractivity contribution in [3.05, 3.63) is 68.9 Å². The number of ether oxygens (including phenoxy) is 2. The quantitative estimate of drug-likeness (QED) is 0.316. The van der Waals surface area contributed by atoms with Crippen molar-refractivity contribution in [2.24, 2.45) is 0 Å². The number of benzene rings is 2. The number of carbonyl (C=O) groups is 2. The number of piperidine rings is 1. The first-order valence-electron chi connectivity index (χ1n) is 14.9. The maximum Gasteiger partial charge on any atom is 0.251 e. The first-order valence-corrected chi connectivity index (χ1v) is 12.7. The fourth-order valence-electron chi connectivity index (χ4n) is 4.51. The normalized spacial score (nSPS) is 20.1. The molecule has 1 N–H and O–H groups in total. The van der Waals surface area contributed by atoms with Gasteiger partial charge in [0.25, 0.3) is 5.91 Å². The van der Waals surface area contributed by atoms with E-state index in [9.17, 15) is 9.59 Å². The van der Waals surface area contributed by atoms with Crippen molar-refractivity contribution in [3.63, 3.8) is 0 Å². The summed E-state index contributed by atoms with van der Waals surface area (Å²) in [4.78, 5) is 28.0. The van der Waals surface area contributed by atoms with Gasteiger partial charge in [-0.15, -0.1) is 0 Å². The molecule has 1 unspecified atom stereocenters. The summed E-state index contributed by atoms with van der Waals surface area (Å²) < 4.78 is 57.1. The molecule has 0 spiro atoms. The molecule has 2 aromatic carbocycles. The smallest absolute Gasteiger partial charge is 0.251 e. The fourth-order valence-corrected chi connectivity index (χ4v) is 4.81. The largest absolute Gasteiger partial charge is 0.493 e. The highest BCUT2D eigenvalue weighted by atomic mass is 35.5. The Balaban J connectivity index is 1.27. The van der Waals surface area contributed by atoms with Crippen molar-refractivity contribution in [2.45, 2.75) is 58.4 Å². The Morgan fingerprint density at radius 2 is 2.00 bits per heavy atom. The Kier molecular flexibility index (Phi) is 6.34. The topological polar surface area (TPSA) is 67.9 Å². The van der Waals surface area contributed by atoms with Crippen LogP contribution in [0.4, 0.5) is 0 Å². The Hall–Kier alpha value is -2.54. The Morgan fingerprint density at radius 3 is 2.72 bits per heavy atom. The maximum atomic E-state index is 13.1. The lowest BCUT2D eigenvalue weighted by atomic mass is 10.0. The van der Waals surface area contributed by atoms with Crippen LogP contribution < -0.4 is 14.8 Å². The molecule has 1 saturated heterocycles. The van der Waals surface area contributed by atoms with Crippen LogP contribution in [0.3, 0.4) is 0 Å². The van der Waals surface area contributed by atoms with E-state index in [0.717, 1.165) is 32.4 Å². The zero-order valence-corrected chi connectivity index (χ0v) is 21.4. The number of Topliss-reactive ketones (excluding diaryl/α,β-unsaturated/α-hetero) is 1. The number of allylic oxidation sites excluding steroid dienone is 2. The molecule has 1 amide bonds. The number of rotatable bonds is 8. The lowest BCUT2D eigenvalue weighted by Crippen LogP contribution is -2.47. The standard InChI is InChI=1S/C28H32Cl2N2O4/c1-17(2)27-26(33)25-23(7-4-8-24(25)36-27)35-15-5-6-18(3)32-13-11-20(12-14-32)31-28(34)19-9-10-21(29)22(30)16-19/h4,7-10,16,18,20H,5-6,11-15H2,1-3H3,(H,31,34)/i1D3,2D3. The van der Waals surface area contributed by atoms with Gasteiger partial charge >= 0.3 is 0 Å². The van der Waals surface area contributed by atoms with Gasteiger partial charge < -0.3 is 19.7 Å². The van der Waals surface area contributed by atoms with Crippen LogP contribution in [0.15, 0.2) is 47.7 Å². The van der Waals surface area contributed by atoms with Gasteiger partial charge in [0.15, 0.2) is 5.76 Å². The van der Waals surface area contributed by atoms with Crippen LogP contribution in [-0.4, -0.2) is 48.4 Å². The molecule has 2 aliphatic rings. The number of nitrogens with zero attached hydrogens (tertiary/aromatic N) is 1. The van der Waals surface area contributed by atoms with E-state index >= 15 is 0 Å². The molecule has 8 heteroatoms. The first kappa shape index (κ1) is 19.6. The van der Waals surface area contributed by atoms with Crippen molar-refractivity contribution in [1.82, 2.24) is 10.2 Å². The number of halogens is 2. The van der Waals surface area contributed by atoms with Gasteiger partial charge in [0, 0.05) is 39.0 Å². The molecule has 36 heavy (non-hydrogen) atoms. The predicted molar refractivity (Wildman–Crippen MR) is 142 cm³/mol. The summed E-state index contributed by atoms with van der Waals surface area (Å²) >= 11 is 12.0. The molecule has 0 aromatic heterocycles. The van der Waals surface area contributed by atoms with Crippen LogP contribution in [0.1, 0.15) is 75.3 Å². The molecule has 4 rings (SSSR count). The van der Waals surface area contributed by atoms with Crippen molar-refractivity contribution in [3.8, 4) is 11.5 Å². The average Bonchev–Trinajstić information content (AvgIpc) is 3.22. The molecule has 0 saturated carbocycles. The van der Waals surface area contributed by atoms with E-state index < -0.39 is 30.8 Å². The monoisotopic (exact) mass is 536 g/mol. The minimum Gasteiger partial charge on any atom is -0.493 e. The summed E-state index contributed by atoms with van der Waals surface area (Å²) in [5, 5.41) is 3.81. The van der Waals surface area contributed by atoms with E-state index in [2.05, 4.69) is 17.1 Å². The van der Waals surface area contributed by atoms with Crippen LogP contribution in [0, 0.1) is 0 Å². The SMILES string of the molecule is [2H]C([2H])([2H])C(=C1Oc2cccc(OCCCC(C)N3CCC(NC(=O)c4ccc(Cl)c(Cl)c4)CC3)c2C1=O)C([2H])([2H])[2H]. The number of hydrogen-bond donors (Lipinski definition) is 1. The predicted octanol–water partition coefficient (Wildman–Crippen LogP) is 6.30. The summed E-state index contributed by atoms with van der Waals surface area (Å²) in [5.74, 6) is -1.39. The number of likely N-dealkylation sites (tertiary alicyclic amines) is 1. The summed E-state index contributed by atoms with van der Waals surface area (Å²) in [5.41, 5.74) is -0.495. The van der Waals surface area contributed by atoms with Crippen molar-refractivity contribution in [2.75, 3.05) is 19.7 Å². The fraction of sp³-hybridized carbons (Fsp3) is 0.429. The molecule has 1 fully saturated rings. The van der Waals surface area contributed by atoms with E-state index in [1.165, 1.54) is 6.07 Å². The zero-order chi connectivity index (χ0) is 30.8. The van der Waals surface area contributed by atoms with E-state index in [-0.39, 0.29) is 35.1 Å². The van der Waals surface area contributed by atoms with E-state index in [0.29, 0.717) is 28.6 Å². The van der Waals surface area contributed by atoms with E-state index in [1.807, 2.05) is 0 Å². The number of carbonyl (C=O) groups excluding carboxylic acids is 2. The molecule has 0 radical (unpaired) electrons. The lowest BCUT2D eigenvalue weighted by molar-refractivity contribution is 0.0889. The van der Waals surface area contributed by atoms with Crippen LogP contribution in [0.2, 0.25) is 10.0 Å². The minimum atomic E-state index is -3.03. The third-order valence-corrected chi connectivity index (χ3v) is 7.29. The highest BCUT2D eigenvalue weighted by Gasteiger charge is 2.31. The number of nitrogens with one attached hydrogen (secondary N) is 1. The second-order valence-electron chi connectivity index (χ2n) is 9.02. The summed E-state index contributed by atoms with van der Waals surface area (Å²) in [6.07, 6.45) is 3.15. The molecule has 192 valence electrons. The highest BCUT2D eigenvalue weighted by molar-refractivity contribution is 6.42. The molecule has 1 atom stereocenters.